The molecule has 166 valence electrons. The van der Waals surface area contributed by atoms with Gasteiger partial charge in [0.2, 0.25) is 10.0 Å². The smallest absolute Gasteiger partial charge is 0.211 e. The number of morpholine rings is 1. The van der Waals surface area contributed by atoms with Crippen molar-refractivity contribution in [3.63, 3.8) is 0 Å². The van der Waals surface area contributed by atoms with Crippen LogP contribution in [0.15, 0.2) is 4.99 Å². The van der Waals surface area contributed by atoms with Crippen LogP contribution in [0.2, 0.25) is 0 Å². The van der Waals surface area contributed by atoms with Crippen LogP contribution in [0.25, 0.3) is 0 Å². The normalized spacial score (nSPS) is 21.0. The minimum atomic E-state index is -3.15. The van der Waals surface area contributed by atoms with E-state index < -0.39 is 10.0 Å². The summed E-state index contributed by atoms with van der Waals surface area (Å²) < 4.78 is 31.2. The lowest BCUT2D eigenvalue weighted by molar-refractivity contribution is -0.0333. The molecule has 1 aliphatic heterocycles. The van der Waals surface area contributed by atoms with Gasteiger partial charge in [-0.05, 0) is 26.7 Å². The van der Waals surface area contributed by atoms with Crippen molar-refractivity contribution in [1.29, 1.82) is 0 Å². The predicted octanol–water partition coefficient (Wildman–Crippen LogP) is 1.13. The fraction of sp³-hybridized carbons (Fsp3) is 0.944. The van der Waals surface area contributed by atoms with E-state index in [1.54, 1.807) is 6.92 Å². The molecule has 0 radical (unpaired) electrons. The first-order chi connectivity index (χ1) is 13.0. The van der Waals surface area contributed by atoms with Crippen molar-refractivity contribution in [2.45, 2.75) is 51.5 Å². The van der Waals surface area contributed by atoms with Gasteiger partial charge in [0.15, 0.2) is 5.96 Å². The van der Waals surface area contributed by atoms with Gasteiger partial charge in [0.1, 0.15) is 0 Å². The zero-order chi connectivity index (χ0) is 19.6. The van der Waals surface area contributed by atoms with Crippen LogP contribution < -0.4 is 15.4 Å². The Balaban J connectivity index is 0.00000392. The van der Waals surface area contributed by atoms with Crippen molar-refractivity contribution in [3.05, 3.63) is 0 Å². The Hall–Kier alpha value is -0.170. The second-order valence-electron chi connectivity index (χ2n) is 7.30. The molecule has 0 spiro atoms. The van der Waals surface area contributed by atoms with E-state index in [4.69, 9.17) is 9.73 Å². The van der Waals surface area contributed by atoms with Crippen LogP contribution in [0, 0.1) is 0 Å². The van der Waals surface area contributed by atoms with Crippen molar-refractivity contribution in [3.8, 4) is 0 Å². The zero-order valence-electron chi connectivity index (χ0n) is 17.3. The first-order valence-corrected chi connectivity index (χ1v) is 12.0. The van der Waals surface area contributed by atoms with Gasteiger partial charge in [-0.1, -0.05) is 19.3 Å². The average Bonchev–Trinajstić information content (AvgIpc) is 2.70. The van der Waals surface area contributed by atoms with Crippen LogP contribution in [-0.2, 0) is 14.8 Å². The van der Waals surface area contributed by atoms with E-state index in [1.165, 1.54) is 32.1 Å². The average molecular weight is 532 g/mol. The first-order valence-electron chi connectivity index (χ1n) is 10.3. The van der Waals surface area contributed by atoms with E-state index in [9.17, 15) is 8.42 Å². The summed E-state index contributed by atoms with van der Waals surface area (Å²) in [7, 11) is -3.15. The second-order valence-corrected chi connectivity index (χ2v) is 9.40. The standard InChI is InChI=1S/C18H37N5O3S.HI/c1-3-19-17(20-10-11-22-27(24,25)4-2)21-16-18(8-6-5-7-9-18)23-12-14-26-15-13-23;/h22H,3-16H2,1-2H3,(H2,19,20,21);1H. The lowest BCUT2D eigenvalue weighted by atomic mass is 9.80. The number of ether oxygens (including phenoxy) is 1. The number of sulfonamides is 1. The summed E-state index contributed by atoms with van der Waals surface area (Å²) in [6, 6.07) is 0. The Morgan fingerprint density at radius 3 is 2.36 bits per heavy atom. The van der Waals surface area contributed by atoms with Gasteiger partial charge in [-0.25, -0.2) is 13.1 Å². The summed E-state index contributed by atoms with van der Waals surface area (Å²) >= 11 is 0. The van der Waals surface area contributed by atoms with Gasteiger partial charge in [-0.3, -0.25) is 9.89 Å². The highest BCUT2D eigenvalue weighted by Crippen LogP contribution is 2.34. The van der Waals surface area contributed by atoms with Crippen molar-refractivity contribution in [2.24, 2.45) is 4.99 Å². The summed E-state index contributed by atoms with van der Waals surface area (Å²) in [5, 5.41) is 6.52. The van der Waals surface area contributed by atoms with E-state index in [0.717, 1.165) is 45.4 Å². The fourth-order valence-corrected chi connectivity index (χ4v) is 4.50. The zero-order valence-corrected chi connectivity index (χ0v) is 20.5. The predicted molar refractivity (Wildman–Crippen MR) is 125 cm³/mol. The van der Waals surface area contributed by atoms with E-state index in [-0.39, 0.29) is 35.3 Å². The third-order valence-corrected chi connectivity index (χ3v) is 6.87. The van der Waals surface area contributed by atoms with Crippen molar-refractivity contribution < 1.29 is 13.2 Å². The molecule has 0 bridgehead atoms. The summed E-state index contributed by atoms with van der Waals surface area (Å²) in [5.41, 5.74) is 0.133. The minimum Gasteiger partial charge on any atom is -0.379 e. The highest BCUT2D eigenvalue weighted by atomic mass is 127. The molecular weight excluding hydrogens is 493 g/mol. The third-order valence-electron chi connectivity index (χ3n) is 5.46. The Labute approximate surface area is 187 Å². The summed E-state index contributed by atoms with van der Waals surface area (Å²) in [4.78, 5) is 7.45. The van der Waals surface area contributed by atoms with Crippen LogP contribution in [0.1, 0.15) is 46.0 Å². The molecule has 3 N–H and O–H groups in total. The molecule has 0 aromatic carbocycles. The van der Waals surface area contributed by atoms with Crippen LogP contribution in [-0.4, -0.2) is 83.1 Å². The molecule has 0 amide bonds. The minimum absolute atomic E-state index is 0. The lowest BCUT2D eigenvalue weighted by Gasteiger charge is -2.47. The van der Waals surface area contributed by atoms with Gasteiger partial charge in [0.25, 0.3) is 0 Å². The maximum absolute atomic E-state index is 11.5. The molecule has 10 heteroatoms. The Bertz CT molecular complexity index is 562. The molecule has 0 aromatic rings. The highest BCUT2D eigenvalue weighted by Gasteiger charge is 2.38. The van der Waals surface area contributed by atoms with E-state index in [1.807, 2.05) is 6.92 Å². The van der Waals surface area contributed by atoms with E-state index >= 15 is 0 Å². The van der Waals surface area contributed by atoms with Crippen molar-refractivity contribution >= 4 is 40.0 Å². The molecule has 0 unspecified atom stereocenters. The summed E-state index contributed by atoms with van der Waals surface area (Å²) in [6.07, 6.45) is 6.20. The largest absolute Gasteiger partial charge is 0.379 e. The molecular formula is C18H38IN5O3S. The number of hydrogen-bond donors (Lipinski definition) is 3. The molecule has 1 saturated heterocycles. The van der Waals surface area contributed by atoms with Gasteiger partial charge >= 0.3 is 0 Å². The van der Waals surface area contributed by atoms with Crippen LogP contribution in [0.3, 0.4) is 0 Å². The first kappa shape index (κ1) is 25.9. The Morgan fingerprint density at radius 1 is 1.07 bits per heavy atom. The number of nitrogens with one attached hydrogen (secondary N) is 3. The summed E-state index contributed by atoms with van der Waals surface area (Å²) in [6.45, 7) is 9.66. The molecule has 2 aliphatic rings. The van der Waals surface area contributed by atoms with Crippen LogP contribution in [0.5, 0.6) is 0 Å². The molecule has 0 atom stereocenters. The molecule has 1 aliphatic carbocycles. The maximum Gasteiger partial charge on any atom is 0.211 e. The molecule has 1 heterocycles. The lowest BCUT2D eigenvalue weighted by Crippen LogP contribution is -2.56. The van der Waals surface area contributed by atoms with Crippen LogP contribution in [0.4, 0.5) is 0 Å². The van der Waals surface area contributed by atoms with E-state index in [0.29, 0.717) is 13.1 Å². The molecule has 8 nitrogen and oxygen atoms in total. The number of rotatable bonds is 9. The number of aliphatic imine (C=N–C) groups is 1. The number of nitrogens with zero attached hydrogens (tertiary/aromatic N) is 2. The number of guanidine groups is 1. The van der Waals surface area contributed by atoms with E-state index in [2.05, 4.69) is 20.3 Å². The van der Waals surface area contributed by atoms with Gasteiger partial charge in [-0.2, -0.15) is 0 Å². The van der Waals surface area contributed by atoms with Crippen molar-refractivity contribution in [2.75, 3.05) is 58.2 Å². The van der Waals surface area contributed by atoms with Crippen molar-refractivity contribution in [1.82, 2.24) is 20.3 Å². The fourth-order valence-electron chi connectivity index (χ4n) is 3.88. The molecule has 1 saturated carbocycles. The SMILES string of the molecule is CCNC(=NCC1(N2CCOCC2)CCCCC1)NCCNS(=O)(=O)CC.I. The monoisotopic (exact) mass is 531 g/mol. The third kappa shape index (κ3) is 8.29. The number of hydrogen-bond acceptors (Lipinski definition) is 5. The quantitative estimate of drug-likeness (QED) is 0.179. The Morgan fingerprint density at radius 2 is 1.75 bits per heavy atom. The molecule has 0 aromatic heterocycles. The molecule has 2 rings (SSSR count). The molecule has 28 heavy (non-hydrogen) atoms. The van der Waals surface area contributed by atoms with Crippen LogP contribution >= 0.6 is 24.0 Å². The van der Waals surface area contributed by atoms with Gasteiger partial charge in [0, 0.05) is 38.3 Å². The second kappa shape index (κ2) is 13.2. The Kier molecular flexibility index (Phi) is 12.2. The van der Waals surface area contributed by atoms with Gasteiger partial charge in [-0.15, -0.1) is 24.0 Å². The topological polar surface area (TPSA) is 95.1 Å². The number of halogens is 1. The van der Waals surface area contributed by atoms with Gasteiger partial charge < -0.3 is 15.4 Å². The van der Waals surface area contributed by atoms with Gasteiger partial charge in [0.05, 0.1) is 25.5 Å². The highest BCUT2D eigenvalue weighted by molar-refractivity contribution is 14.0. The maximum atomic E-state index is 11.5. The summed E-state index contributed by atoms with van der Waals surface area (Å²) in [5.74, 6) is 0.856. The molecule has 2 fully saturated rings.